The molecule has 25 heavy (non-hydrogen) atoms. The molecule has 130 valence electrons. The Kier molecular flexibility index (Phi) is 5.62. The SMILES string of the molecule is Cc1c(SCC(N)C(=O)O)ccnc1CSc1nc2ccccc2[nH]1. The summed E-state index contributed by atoms with van der Waals surface area (Å²) in [5.74, 6) is 0.0290. The molecule has 3 aromatic rings. The molecule has 0 bridgehead atoms. The molecule has 6 nitrogen and oxygen atoms in total. The molecule has 1 unspecified atom stereocenters. The zero-order chi connectivity index (χ0) is 17.8. The number of fused-ring (bicyclic) bond motifs is 1. The smallest absolute Gasteiger partial charge is 0.321 e. The van der Waals surface area contributed by atoms with Crippen LogP contribution in [0.3, 0.4) is 0 Å². The number of aromatic amines is 1. The van der Waals surface area contributed by atoms with Crippen molar-refractivity contribution in [1.29, 1.82) is 0 Å². The normalized spacial score (nSPS) is 12.4. The molecule has 0 spiro atoms. The quantitative estimate of drug-likeness (QED) is 0.546. The Bertz CT molecular complexity index is 864. The van der Waals surface area contributed by atoms with Crippen LogP contribution in [0.25, 0.3) is 11.0 Å². The molecule has 1 aromatic carbocycles. The minimum absolute atomic E-state index is 0.330. The number of carboxylic acid groups (broad SMARTS) is 1. The first kappa shape index (κ1) is 17.8. The molecule has 0 fully saturated rings. The first-order chi connectivity index (χ1) is 12.0. The van der Waals surface area contributed by atoms with Gasteiger partial charge in [0.15, 0.2) is 5.16 Å². The number of carboxylic acids is 1. The maximum absolute atomic E-state index is 10.8. The van der Waals surface area contributed by atoms with E-state index < -0.39 is 12.0 Å². The van der Waals surface area contributed by atoms with E-state index >= 15 is 0 Å². The highest BCUT2D eigenvalue weighted by atomic mass is 32.2. The lowest BCUT2D eigenvalue weighted by Gasteiger charge is -2.11. The van der Waals surface area contributed by atoms with Gasteiger partial charge in [-0.15, -0.1) is 11.8 Å². The van der Waals surface area contributed by atoms with E-state index in [-0.39, 0.29) is 0 Å². The van der Waals surface area contributed by atoms with Gasteiger partial charge in [-0.05, 0) is 30.7 Å². The molecule has 8 heteroatoms. The van der Waals surface area contributed by atoms with Gasteiger partial charge >= 0.3 is 5.97 Å². The van der Waals surface area contributed by atoms with Crippen LogP contribution in [0.2, 0.25) is 0 Å². The molecule has 2 aromatic heterocycles. The number of hydrogen-bond acceptors (Lipinski definition) is 6. The van der Waals surface area contributed by atoms with Crippen molar-refractivity contribution in [2.24, 2.45) is 5.73 Å². The Morgan fingerprint density at radius 1 is 1.32 bits per heavy atom. The standard InChI is InChI=1S/C17H18N4O2S2/c1-10-14(19-7-6-15(10)24-8-11(18)16(22)23)9-25-17-20-12-4-2-3-5-13(12)21-17/h2-7,11H,8-9,18H2,1H3,(H,20,21)(H,22,23). The number of nitrogens with one attached hydrogen (secondary N) is 1. The summed E-state index contributed by atoms with van der Waals surface area (Å²) < 4.78 is 0. The second-order valence-corrected chi connectivity index (χ2v) is 7.51. The molecule has 0 saturated carbocycles. The number of thioether (sulfide) groups is 2. The predicted molar refractivity (Wildman–Crippen MR) is 101 cm³/mol. The van der Waals surface area contributed by atoms with Crippen molar-refractivity contribution in [3.8, 4) is 0 Å². The predicted octanol–water partition coefficient (Wildman–Crippen LogP) is 3.06. The number of nitrogens with zero attached hydrogens (tertiary/aromatic N) is 2. The number of para-hydroxylation sites is 2. The van der Waals surface area contributed by atoms with E-state index in [1.54, 1.807) is 18.0 Å². The molecule has 3 rings (SSSR count). The zero-order valence-corrected chi connectivity index (χ0v) is 15.2. The number of aromatic nitrogens is 3. The molecular formula is C17H18N4O2S2. The topological polar surface area (TPSA) is 105 Å². The van der Waals surface area contributed by atoms with Crippen LogP contribution < -0.4 is 5.73 Å². The molecule has 0 aliphatic rings. The lowest BCUT2D eigenvalue weighted by molar-refractivity contribution is -0.137. The number of carbonyl (C=O) groups is 1. The van der Waals surface area contributed by atoms with Gasteiger partial charge < -0.3 is 15.8 Å². The molecular weight excluding hydrogens is 356 g/mol. The number of aliphatic carboxylic acids is 1. The first-order valence-corrected chi connectivity index (χ1v) is 9.65. The third kappa shape index (κ3) is 4.33. The second kappa shape index (κ2) is 7.90. The number of pyridine rings is 1. The van der Waals surface area contributed by atoms with E-state index in [1.165, 1.54) is 11.8 Å². The molecule has 1 atom stereocenters. The Morgan fingerprint density at radius 2 is 2.12 bits per heavy atom. The summed E-state index contributed by atoms with van der Waals surface area (Å²) in [5.41, 5.74) is 9.54. The van der Waals surface area contributed by atoms with Crippen molar-refractivity contribution < 1.29 is 9.90 Å². The highest BCUT2D eigenvalue weighted by molar-refractivity contribution is 7.99. The Hall–Kier alpha value is -2.03. The lowest BCUT2D eigenvalue weighted by atomic mass is 10.2. The van der Waals surface area contributed by atoms with Gasteiger partial charge in [0.25, 0.3) is 0 Å². The molecule has 0 amide bonds. The van der Waals surface area contributed by atoms with Crippen LogP contribution in [0.4, 0.5) is 0 Å². The molecule has 0 aliphatic carbocycles. The maximum Gasteiger partial charge on any atom is 0.321 e. The van der Waals surface area contributed by atoms with Crippen LogP contribution in [0.15, 0.2) is 46.6 Å². The van der Waals surface area contributed by atoms with Crippen molar-refractivity contribution >= 4 is 40.5 Å². The minimum Gasteiger partial charge on any atom is -0.480 e. The fraction of sp³-hybridized carbons (Fsp3) is 0.235. The third-order valence-electron chi connectivity index (χ3n) is 3.71. The number of hydrogen-bond donors (Lipinski definition) is 3. The van der Waals surface area contributed by atoms with Gasteiger partial charge in [-0.3, -0.25) is 9.78 Å². The highest BCUT2D eigenvalue weighted by Crippen LogP contribution is 2.28. The fourth-order valence-electron chi connectivity index (χ4n) is 2.25. The van der Waals surface area contributed by atoms with Crippen molar-refractivity contribution in [1.82, 2.24) is 15.0 Å². The van der Waals surface area contributed by atoms with E-state index in [0.717, 1.165) is 32.3 Å². The largest absolute Gasteiger partial charge is 0.480 e. The van der Waals surface area contributed by atoms with Gasteiger partial charge in [0, 0.05) is 22.6 Å². The van der Waals surface area contributed by atoms with Crippen molar-refractivity contribution in [3.05, 3.63) is 47.8 Å². The average Bonchev–Trinajstić information content (AvgIpc) is 3.02. The number of nitrogens with two attached hydrogens (primary N) is 1. The number of rotatable bonds is 7. The van der Waals surface area contributed by atoms with E-state index in [9.17, 15) is 4.79 Å². The summed E-state index contributed by atoms with van der Waals surface area (Å²) >= 11 is 3.04. The summed E-state index contributed by atoms with van der Waals surface area (Å²) in [5, 5.41) is 9.74. The van der Waals surface area contributed by atoms with Gasteiger partial charge in [0.05, 0.1) is 16.7 Å². The second-order valence-electron chi connectivity index (χ2n) is 5.48. The van der Waals surface area contributed by atoms with Crippen LogP contribution in [-0.4, -0.2) is 37.8 Å². The Labute approximate surface area is 153 Å². The lowest BCUT2D eigenvalue weighted by Crippen LogP contribution is -2.32. The van der Waals surface area contributed by atoms with Crippen molar-refractivity contribution in [2.45, 2.75) is 28.8 Å². The monoisotopic (exact) mass is 374 g/mol. The van der Waals surface area contributed by atoms with Gasteiger partial charge in [0.2, 0.25) is 0 Å². The molecule has 4 N–H and O–H groups in total. The van der Waals surface area contributed by atoms with Crippen LogP contribution >= 0.6 is 23.5 Å². The van der Waals surface area contributed by atoms with E-state index in [1.807, 2.05) is 37.3 Å². The average molecular weight is 374 g/mol. The van der Waals surface area contributed by atoms with Crippen LogP contribution in [0.5, 0.6) is 0 Å². The highest BCUT2D eigenvalue weighted by Gasteiger charge is 2.14. The molecule has 0 saturated heterocycles. The van der Waals surface area contributed by atoms with Crippen LogP contribution in [-0.2, 0) is 10.5 Å². The summed E-state index contributed by atoms with van der Waals surface area (Å²) in [4.78, 5) is 24.1. The minimum atomic E-state index is -0.986. The van der Waals surface area contributed by atoms with Gasteiger partial charge in [-0.25, -0.2) is 4.98 Å². The number of H-pyrrole nitrogens is 1. The number of benzene rings is 1. The zero-order valence-electron chi connectivity index (χ0n) is 13.6. The summed E-state index contributed by atoms with van der Waals surface area (Å²) in [6, 6.07) is 8.94. The van der Waals surface area contributed by atoms with Crippen LogP contribution in [0, 0.1) is 6.92 Å². The Balaban J connectivity index is 1.68. The first-order valence-electron chi connectivity index (χ1n) is 7.68. The summed E-state index contributed by atoms with van der Waals surface area (Å²) in [7, 11) is 0. The maximum atomic E-state index is 10.8. The third-order valence-corrected chi connectivity index (χ3v) is 5.87. The fourth-order valence-corrected chi connectivity index (χ4v) is 4.15. The van der Waals surface area contributed by atoms with Gasteiger partial charge in [0.1, 0.15) is 6.04 Å². The molecule has 0 radical (unpaired) electrons. The van der Waals surface area contributed by atoms with E-state index in [0.29, 0.717) is 11.5 Å². The van der Waals surface area contributed by atoms with Crippen molar-refractivity contribution in [3.63, 3.8) is 0 Å². The number of imidazole rings is 1. The van der Waals surface area contributed by atoms with Crippen LogP contribution in [0.1, 0.15) is 11.3 Å². The van der Waals surface area contributed by atoms with E-state index in [2.05, 4.69) is 15.0 Å². The van der Waals surface area contributed by atoms with Crippen molar-refractivity contribution in [2.75, 3.05) is 5.75 Å². The Morgan fingerprint density at radius 3 is 2.88 bits per heavy atom. The summed E-state index contributed by atoms with van der Waals surface area (Å²) in [6.07, 6.45) is 1.75. The molecule has 2 heterocycles. The van der Waals surface area contributed by atoms with Gasteiger partial charge in [-0.2, -0.15) is 0 Å². The van der Waals surface area contributed by atoms with E-state index in [4.69, 9.17) is 10.8 Å². The summed E-state index contributed by atoms with van der Waals surface area (Å²) in [6.45, 7) is 2.00. The van der Waals surface area contributed by atoms with Gasteiger partial charge in [-0.1, -0.05) is 23.9 Å². The molecule has 0 aliphatic heterocycles.